The summed E-state index contributed by atoms with van der Waals surface area (Å²) in [5.41, 5.74) is 0.730. The van der Waals surface area contributed by atoms with Crippen molar-refractivity contribution in [2.45, 2.75) is 48.5 Å². The highest BCUT2D eigenvalue weighted by Crippen LogP contribution is 2.62. The van der Waals surface area contributed by atoms with Gasteiger partial charge in [-0.05, 0) is 49.7 Å². The van der Waals surface area contributed by atoms with Crippen LogP contribution in [0, 0.1) is 0 Å². The lowest BCUT2D eigenvalue weighted by Crippen LogP contribution is -2.83. The van der Waals surface area contributed by atoms with E-state index in [2.05, 4.69) is 18.0 Å². The minimum Gasteiger partial charge on any atom is -0.497 e. The molecule has 1 aromatic rings. The van der Waals surface area contributed by atoms with Crippen LogP contribution in [0.15, 0.2) is 18.2 Å². The Morgan fingerprint density at radius 2 is 2.26 bits per heavy atom. The Kier molecular flexibility index (Phi) is 2.52. The Labute approximate surface area is 135 Å². The number of likely N-dealkylation sites (tertiary alicyclic amines) is 1. The number of rotatable bonds is 1. The Bertz CT molecular complexity index is 719. The van der Waals surface area contributed by atoms with Crippen LogP contribution in [0.3, 0.4) is 0 Å². The lowest BCUT2D eigenvalue weighted by atomic mass is 9.46. The molecule has 5 heteroatoms. The first-order valence-electron chi connectivity index (χ1n) is 8.30. The molecule has 1 N–H and O–H groups in total. The molecule has 2 unspecified atom stereocenters. The van der Waals surface area contributed by atoms with Crippen molar-refractivity contribution in [3.05, 3.63) is 29.3 Å². The van der Waals surface area contributed by atoms with Gasteiger partial charge in [-0.2, -0.15) is 0 Å². The van der Waals surface area contributed by atoms with Crippen molar-refractivity contribution in [2.24, 2.45) is 0 Å². The largest absolute Gasteiger partial charge is 0.497 e. The van der Waals surface area contributed by atoms with Crippen LogP contribution in [0.1, 0.15) is 24.0 Å². The Morgan fingerprint density at radius 1 is 1.43 bits per heavy atom. The predicted octanol–water partition coefficient (Wildman–Crippen LogP) is 0.664. The summed E-state index contributed by atoms with van der Waals surface area (Å²) in [6.45, 7) is 0.863. The first-order chi connectivity index (χ1) is 11.0. The van der Waals surface area contributed by atoms with E-state index in [1.54, 1.807) is 7.11 Å². The number of ether oxygens (including phenoxy) is 2. The number of hydrogen-bond acceptors (Lipinski definition) is 5. The molecule has 4 fully saturated rings. The number of benzene rings is 1. The number of carbonyl (C=O) groups excluding carboxylic acids is 1. The Morgan fingerprint density at radius 3 is 3.00 bits per heavy atom. The molecule has 5 nitrogen and oxygen atoms in total. The van der Waals surface area contributed by atoms with Crippen molar-refractivity contribution in [2.75, 3.05) is 20.7 Å². The molecule has 3 aliphatic heterocycles. The van der Waals surface area contributed by atoms with Crippen LogP contribution in [0.5, 0.6) is 5.75 Å². The van der Waals surface area contributed by atoms with Gasteiger partial charge in [0.25, 0.3) is 0 Å². The van der Waals surface area contributed by atoms with E-state index in [9.17, 15) is 9.90 Å². The van der Waals surface area contributed by atoms with Gasteiger partial charge in [0.05, 0.1) is 18.1 Å². The molecule has 5 atom stereocenters. The summed E-state index contributed by atoms with van der Waals surface area (Å²) in [6, 6.07) is 6.10. The molecular formula is C18H21NO4. The number of methoxy groups -OCH3 is 1. The van der Waals surface area contributed by atoms with Gasteiger partial charge in [0.15, 0.2) is 5.78 Å². The number of fused-ring (bicyclic) bond motifs is 1. The molecule has 1 saturated carbocycles. The standard InChI is InChI=1S/C18H21NO4/c1-19-6-5-17-12-8-11(22-2)4-3-10(12)7-14(19)18(17,21)9-13-15(20)16(17)23-13/h3-4,8,13-14,16,21H,5-7,9H2,1-2H3/t13?,14-,16?,17+,18-/m1/s1. The highest BCUT2D eigenvalue weighted by Gasteiger charge is 2.75. The van der Waals surface area contributed by atoms with Crippen LogP contribution in [0.25, 0.3) is 0 Å². The van der Waals surface area contributed by atoms with Crippen molar-refractivity contribution < 1.29 is 19.4 Å². The van der Waals surface area contributed by atoms with Gasteiger partial charge < -0.3 is 19.5 Å². The summed E-state index contributed by atoms with van der Waals surface area (Å²) >= 11 is 0. The maximum atomic E-state index is 12.5. The summed E-state index contributed by atoms with van der Waals surface area (Å²) in [4.78, 5) is 14.8. The summed E-state index contributed by atoms with van der Waals surface area (Å²) < 4.78 is 11.3. The molecule has 0 spiro atoms. The zero-order valence-corrected chi connectivity index (χ0v) is 13.4. The van der Waals surface area contributed by atoms with Crippen molar-refractivity contribution in [1.29, 1.82) is 0 Å². The third-order valence-electron chi connectivity index (χ3n) is 6.75. The van der Waals surface area contributed by atoms with Crippen LogP contribution in [0.4, 0.5) is 0 Å². The smallest absolute Gasteiger partial charge is 0.191 e. The highest BCUT2D eigenvalue weighted by atomic mass is 16.5. The van der Waals surface area contributed by atoms with Crippen LogP contribution >= 0.6 is 0 Å². The summed E-state index contributed by atoms with van der Waals surface area (Å²) in [5, 5.41) is 11.7. The highest BCUT2D eigenvalue weighted by molar-refractivity contribution is 5.95. The maximum absolute atomic E-state index is 12.5. The number of Topliss-reactive ketones (excluding diaryl/α,β-unsaturated/α-hetero) is 1. The number of carbonyl (C=O) groups is 1. The zero-order chi connectivity index (χ0) is 16.0. The molecule has 4 bridgehead atoms. The minimum atomic E-state index is -0.902. The fraction of sp³-hybridized carbons (Fsp3) is 0.611. The topological polar surface area (TPSA) is 59.0 Å². The van der Waals surface area contributed by atoms with Gasteiger partial charge in [0.2, 0.25) is 0 Å². The van der Waals surface area contributed by atoms with Crippen LogP contribution in [-0.4, -0.2) is 60.3 Å². The first kappa shape index (κ1) is 14.0. The van der Waals surface area contributed by atoms with Crippen molar-refractivity contribution in [3.63, 3.8) is 0 Å². The number of hydrogen-bond donors (Lipinski definition) is 1. The molecule has 2 aliphatic carbocycles. The molecule has 0 aromatic heterocycles. The molecule has 0 radical (unpaired) electrons. The van der Waals surface area contributed by atoms with Gasteiger partial charge in [-0.25, -0.2) is 0 Å². The number of likely N-dealkylation sites (N-methyl/N-ethyl adjacent to an activating group) is 1. The number of piperidine rings is 1. The second-order valence-electron chi connectivity index (χ2n) is 7.48. The third-order valence-corrected chi connectivity index (χ3v) is 6.75. The fourth-order valence-corrected chi connectivity index (χ4v) is 5.57. The van der Waals surface area contributed by atoms with Crippen molar-refractivity contribution in [1.82, 2.24) is 4.90 Å². The normalized spacial score (nSPS) is 44.1. The van der Waals surface area contributed by atoms with Crippen molar-refractivity contribution in [3.8, 4) is 5.75 Å². The molecule has 122 valence electrons. The monoisotopic (exact) mass is 315 g/mol. The van der Waals surface area contributed by atoms with Gasteiger partial charge in [0.1, 0.15) is 18.0 Å². The van der Waals surface area contributed by atoms with Crippen LogP contribution < -0.4 is 4.74 Å². The molecule has 23 heavy (non-hydrogen) atoms. The second-order valence-corrected chi connectivity index (χ2v) is 7.48. The average molecular weight is 315 g/mol. The fourth-order valence-electron chi connectivity index (χ4n) is 5.57. The van der Waals surface area contributed by atoms with Gasteiger partial charge in [-0.3, -0.25) is 4.79 Å². The second kappa shape index (κ2) is 4.15. The molecule has 0 amide bonds. The van der Waals surface area contributed by atoms with Gasteiger partial charge in [-0.1, -0.05) is 6.07 Å². The molecule has 1 aromatic carbocycles. The van der Waals surface area contributed by atoms with Gasteiger partial charge in [0, 0.05) is 12.5 Å². The molecule has 6 rings (SSSR count). The number of aliphatic hydroxyl groups is 1. The number of ketones is 1. The zero-order valence-electron chi connectivity index (χ0n) is 13.4. The van der Waals surface area contributed by atoms with Crippen LogP contribution in [0.2, 0.25) is 0 Å². The summed E-state index contributed by atoms with van der Waals surface area (Å²) in [7, 11) is 3.72. The van der Waals surface area contributed by atoms with E-state index in [1.165, 1.54) is 5.56 Å². The average Bonchev–Trinajstić information content (AvgIpc) is 2.56. The first-order valence-corrected chi connectivity index (χ1v) is 8.30. The third kappa shape index (κ3) is 1.38. The van der Waals surface area contributed by atoms with E-state index in [0.29, 0.717) is 6.42 Å². The van der Waals surface area contributed by atoms with Crippen LogP contribution in [-0.2, 0) is 21.4 Å². The maximum Gasteiger partial charge on any atom is 0.191 e. The van der Waals surface area contributed by atoms with E-state index in [0.717, 1.165) is 30.7 Å². The molecular weight excluding hydrogens is 294 g/mol. The summed E-state index contributed by atoms with van der Waals surface area (Å²) in [6.07, 6.45) is 1.03. The lowest BCUT2D eigenvalue weighted by molar-refractivity contribution is -0.276. The van der Waals surface area contributed by atoms with Gasteiger partial charge >= 0.3 is 0 Å². The van der Waals surface area contributed by atoms with Crippen molar-refractivity contribution >= 4 is 5.78 Å². The molecule has 3 heterocycles. The molecule has 3 saturated heterocycles. The Balaban J connectivity index is 1.79. The van der Waals surface area contributed by atoms with E-state index < -0.39 is 23.2 Å². The lowest BCUT2D eigenvalue weighted by Gasteiger charge is -2.69. The Hall–Kier alpha value is -1.43. The SMILES string of the molecule is COc1ccc2c(c1)[C@]13CCN(C)[C@H](C2)[C@]1(O)CC1OC3C1=O. The number of nitrogens with zero attached hydrogens (tertiary/aromatic N) is 1. The molecule has 5 aliphatic rings. The van der Waals surface area contributed by atoms with E-state index >= 15 is 0 Å². The minimum absolute atomic E-state index is 0.0409. The van der Waals surface area contributed by atoms with Gasteiger partial charge in [-0.15, -0.1) is 0 Å². The van der Waals surface area contributed by atoms with E-state index in [1.807, 2.05) is 12.1 Å². The van der Waals surface area contributed by atoms with E-state index in [4.69, 9.17) is 9.47 Å². The predicted molar refractivity (Wildman–Crippen MR) is 82.6 cm³/mol. The quantitative estimate of drug-likeness (QED) is 0.825. The van der Waals surface area contributed by atoms with E-state index in [-0.39, 0.29) is 11.8 Å². The summed E-state index contributed by atoms with van der Waals surface area (Å²) in [5.74, 6) is 0.931.